The highest BCUT2D eigenvalue weighted by Gasteiger charge is 2.48. The third-order valence-electron chi connectivity index (χ3n) is 8.39. The van der Waals surface area contributed by atoms with E-state index in [0.717, 1.165) is 5.56 Å². The molecule has 0 bridgehead atoms. The smallest absolute Gasteiger partial charge is 0.259 e. The van der Waals surface area contributed by atoms with Crippen LogP contribution in [0, 0.1) is 11.6 Å². The van der Waals surface area contributed by atoms with Gasteiger partial charge in [0, 0.05) is 24.2 Å². The Kier molecular flexibility index (Phi) is 9.50. The summed E-state index contributed by atoms with van der Waals surface area (Å²) in [4.78, 5) is 2.05. The van der Waals surface area contributed by atoms with E-state index < -0.39 is 37.7 Å². The number of piperidine rings is 1. The van der Waals surface area contributed by atoms with E-state index in [1.165, 1.54) is 12.1 Å². The van der Waals surface area contributed by atoms with Gasteiger partial charge in [0.2, 0.25) is 0 Å². The van der Waals surface area contributed by atoms with Crippen LogP contribution in [-0.2, 0) is 5.60 Å². The first kappa shape index (κ1) is 30.0. The van der Waals surface area contributed by atoms with Gasteiger partial charge in [-0.25, -0.2) is 8.78 Å². The Morgan fingerprint density at radius 1 is 0.892 bits per heavy atom. The van der Waals surface area contributed by atoms with Gasteiger partial charge in [-0.05, 0) is 71.8 Å². The van der Waals surface area contributed by atoms with Crippen LogP contribution in [0.1, 0.15) is 78.5 Å². The summed E-state index contributed by atoms with van der Waals surface area (Å²) in [5.41, 5.74) is 0.530. The highest BCUT2D eigenvalue weighted by Crippen LogP contribution is 2.44. The molecule has 1 fully saturated rings. The molecule has 1 aliphatic heterocycles. The van der Waals surface area contributed by atoms with Gasteiger partial charge in [0.25, 0.3) is 8.32 Å². The number of benzene rings is 2. The molecule has 0 saturated carbocycles. The predicted molar refractivity (Wildman–Crippen MR) is 149 cm³/mol. The quantitative estimate of drug-likeness (QED) is 0.314. The number of nitrogens with zero attached hydrogens (tertiary/aromatic N) is 1. The van der Waals surface area contributed by atoms with Crippen molar-refractivity contribution in [2.24, 2.45) is 0 Å². The molecule has 2 N–H and O–H groups in total. The number of aliphatic hydroxyl groups excluding tert-OH is 1. The van der Waals surface area contributed by atoms with Gasteiger partial charge in [0.05, 0.1) is 11.7 Å². The summed E-state index contributed by atoms with van der Waals surface area (Å²) in [6.45, 7) is 15.3. The van der Waals surface area contributed by atoms with Crippen LogP contribution >= 0.6 is 11.6 Å². The SMILES string of the molecule is CC(C)[Si](Oc1c(F)cc(C(O)[C@@H](C)N2CCC(O)(c3ccc(Cl)cc3)CC2)cc1F)(C(C)C)C(C)C. The van der Waals surface area contributed by atoms with Gasteiger partial charge in [-0.3, -0.25) is 4.90 Å². The fourth-order valence-electron chi connectivity index (χ4n) is 6.21. The van der Waals surface area contributed by atoms with E-state index in [-0.39, 0.29) is 27.9 Å². The number of aliphatic hydroxyl groups is 2. The van der Waals surface area contributed by atoms with Crippen LogP contribution in [0.15, 0.2) is 36.4 Å². The van der Waals surface area contributed by atoms with Crippen LogP contribution < -0.4 is 4.43 Å². The van der Waals surface area contributed by atoms with Gasteiger partial charge in [-0.1, -0.05) is 65.3 Å². The molecule has 4 nitrogen and oxygen atoms in total. The van der Waals surface area contributed by atoms with Crippen LogP contribution in [0.3, 0.4) is 0 Å². The Morgan fingerprint density at radius 3 is 1.78 bits per heavy atom. The molecular formula is C29H42ClF2NO3Si. The molecule has 0 amide bonds. The van der Waals surface area contributed by atoms with E-state index in [1.54, 1.807) is 12.1 Å². The molecule has 1 heterocycles. The van der Waals surface area contributed by atoms with Gasteiger partial charge in [-0.2, -0.15) is 0 Å². The molecule has 2 aromatic carbocycles. The second kappa shape index (κ2) is 11.7. The zero-order valence-corrected chi connectivity index (χ0v) is 24.8. The molecule has 206 valence electrons. The van der Waals surface area contributed by atoms with E-state index in [0.29, 0.717) is 31.0 Å². The Morgan fingerprint density at radius 2 is 1.35 bits per heavy atom. The average Bonchev–Trinajstić information content (AvgIpc) is 2.82. The van der Waals surface area contributed by atoms with E-state index >= 15 is 8.78 Å². The van der Waals surface area contributed by atoms with E-state index in [1.807, 2.05) is 24.0 Å². The summed E-state index contributed by atoms with van der Waals surface area (Å²) in [5, 5.41) is 22.8. The summed E-state index contributed by atoms with van der Waals surface area (Å²) < 4.78 is 36.9. The second-order valence-electron chi connectivity index (χ2n) is 11.5. The van der Waals surface area contributed by atoms with Gasteiger partial charge in [0.1, 0.15) is 0 Å². The lowest BCUT2D eigenvalue weighted by Gasteiger charge is -2.43. The maximum atomic E-state index is 15.3. The zero-order valence-electron chi connectivity index (χ0n) is 23.1. The van der Waals surface area contributed by atoms with E-state index in [4.69, 9.17) is 16.0 Å². The van der Waals surface area contributed by atoms with Crippen molar-refractivity contribution in [1.29, 1.82) is 0 Å². The van der Waals surface area contributed by atoms with Gasteiger partial charge < -0.3 is 14.6 Å². The molecule has 1 aliphatic rings. The highest BCUT2D eigenvalue weighted by molar-refractivity contribution is 6.78. The van der Waals surface area contributed by atoms with Crippen molar-refractivity contribution in [2.75, 3.05) is 13.1 Å². The highest BCUT2D eigenvalue weighted by atomic mass is 35.5. The molecule has 3 rings (SSSR count). The molecule has 2 aromatic rings. The lowest BCUT2D eigenvalue weighted by molar-refractivity contribution is -0.0502. The second-order valence-corrected chi connectivity index (χ2v) is 17.3. The minimum atomic E-state index is -2.55. The standard InChI is InChI=1S/C29H42ClF2NO3Si/c1-18(2)37(19(3)4,20(5)6)36-28-25(31)16-22(17-26(28)32)27(34)21(7)33-14-12-29(35,13-15-33)23-8-10-24(30)11-9-23/h8-11,16-21,27,34-35H,12-15H2,1-7H3/t21-,27?/m1/s1. The topological polar surface area (TPSA) is 52.9 Å². The number of hydrogen-bond acceptors (Lipinski definition) is 4. The fourth-order valence-corrected chi connectivity index (χ4v) is 11.6. The number of rotatable bonds is 9. The van der Waals surface area contributed by atoms with Gasteiger partial charge in [-0.15, -0.1) is 0 Å². The molecule has 0 radical (unpaired) electrons. The maximum absolute atomic E-state index is 15.3. The molecule has 0 aliphatic carbocycles. The number of halogens is 3. The molecule has 0 aromatic heterocycles. The predicted octanol–water partition coefficient (Wildman–Crippen LogP) is 7.58. The largest absolute Gasteiger partial charge is 0.539 e. The third kappa shape index (κ3) is 6.06. The summed E-state index contributed by atoms with van der Waals surface area (Å²) in [5.74, 6) is -1.90. The van der Waals surface area contributed by atoms with Crippen LogP contribution in [0.25, 0.3) is 0 Å². The minimum Gasteiger partial charge on any atom is -0.539 e. The van der Waals surface area contributed by atoms with Crippen molar-refractivity contribution in [2.45, 2.75) is 95.7 Å². The van der Waals surface area contributed by atoms with Gasteiger partial charge in [0.15, 0.2) is 17.4 Å². The molecule has 8 heteroatoms. The lowest BCUT2D eigenvalue weighted by Crippen LogP contribution is -2.51. The molecular weight excluding hydrogens is 512 g/mol. The molecule has 1 saturated heterocycles. The molecule has 1 unspecified atom stereocenters. The first-order chi connectivity index (χ1) is 17.2. The number of likely N-dealkylation sites (tertiary alicyclic amines) is 1. The van der Waals surface area contributed by atoms with Crippen molar-refractivity contribution >= 4 is 19.9 Å². The fraction of sp³-hybridized carbons (Fsp3) is 0.586. The zero-order chi connectivity index (χ0) is 27.7. The Balaban J connectivity index is 1.76. The molecule has 37 heavy (non-hydrogen) atoms. The third-order valence-corrected chi connectivity index (χ3v) is 14.6. The van der Waals surface area contributed by atoms with Crippen molar-refractivity contribution in [3.63, 3.8) is 0 Å². The summed E-state index contributed by atoms with van der Waals surface area (Å²) >= 11 is 5.98. The van der Waals surface area contributed by atoms with Crippen LogP contribution in [0.2, 0.25) is 21.6 Å². The maximum Gasteiger partial charge on any atom is 0.259 e. The molecule has 2 atom stereocenters. The average molecular weight is 554 g/mol. The monoisotopic (exact) mass is 553 g/mol. The van der Waals surface area contributed by atoms with Crippen LogP contribution in [0.4, 0.5) is 8.78 Å². The first-order valence-corrected chi connectivity index (χ1v) is 15.8. The van der Waals surface area contributed by atoms with Crippen LogP contribution in [0.5, 0.6) is 5.75 Å². The number of hydrogen-bond donors (Lipinski definition) is 2. The minimum absolute atomic E-state index is 0.169. The van der Waals surface area contributed by atoms with Crippen molar-refractivity contribution in [1.82, 2.24) is 4.90 Å². The first-order valence-electron chi connectivity index (χ1n) is 13.3. The van der Waals surface area contributed by atoms with Crippen LogP contribution in [-0.4, -0.2) is 42.6 Å². The van der Waals surface area contributed by atoms with Crippen molar-refractivity contribution in [3.8, 4) is 5.75 Å². The normalized spacial score (nSPS) is 18.5. The van der Waals surface area contributed by atoms with Gasteiger partial charge >= 0.3 is 0 Å². The Labute approximate surface area is 226 Å². The van der Waals surface area contributed by atoms with E-state index in [2.05, 4.69) is 41.5 Å². The molecule has 0 spiro atoms. The van der Waals surface area contributed by atoms with E-state index in [9.17, 15) is 10.2 Å². The summed E-state index contributed by atoms with van der Waals surface area (Å²) in [6.07, 6.45) is -0.136. The van der Waals surface area contributed by atoms with Crippen molar-refractivity contribution in [3.05, 3.63) is 64.2 Å². The Bertz CT molecular complexity index is 1010. The van der Waals surface area contributed by atoms with Crippen molar-refractivity contribution < 1.29 is 23.4 Å². The Hall–Kier alpha value is -1.51. The lowest BCUT2D eigenvalue weighted by atomic mass is 9.83. The summed E-state index contributed by atoms with van der Waals surface area (Å²) in [7, 11) is -2.55. The summed E-state index contributed by atoms with van der Waals surface area (Å²) in [6, 6.07) is 9.21.